The normalized spacial score (nSPS) is 24.8. The zero-order chi connectivity index (χ0) is 21.7. The molecule has 0 bridgehead atoms. The van der Waals surface area contributed by atoms with E-state index in [9.17, 15) is 22.0 Å². The van der Waals surface area contributed by atoms with Gasteiger partial charge in [0.05, 0.1) is 12.8 Å². The van der Waals surface area contributed by atoms with Gasteiger partial charge in [-0.2, -0.15) is 0 Å². The van der Waals surface area contributed by atoms with E-state index in [4.69, 9.17) is 10.5 Å². The van der Waals surface area contributed by atoms with E-state index in [1.54, 1.807) is 0 Å². The van der Waals surface area contributed by atoms with E-state index in [1.807, 2.05) is 0 Å². The number of nitrogens with two attached hydrogens (primary N) is 1. The maximum Gasteiger partial charge on any atom is 0.274 e. The number of halogens is 2. The van der Waals surface area contributed by atoms with Gasteiger partial charge in [-0.25, -0.2) is 31.5 Å². The fourth-order valence-corrected chi connectivity index (χ4v) is 5.18. The Balaban J connectivity index is 1.75. The number of fused-ring (bicyclic) bond motifs is 1. The monoisotopic (exact) mass is 437 g/mol. The fourth-order valence-electron chi connectivity index (χ4n) is 3.53. The van der Waals surface area contributed by atoms with Crippen molar-refractivity contribution in [2.24, 2.45) is 10.7 Å². The molecule has 3 N–H and O–H groups in total. The molecule has 1 aromatic heterocycles. The summed E-state index contributed by atoms with van der Waals surface area (Å²) in [4.78, 5) is 20.3. The van der Waals surface area contributed by atoms with Crippen molar-refractivity contribution < 1.29 is 26.7 Å². The predicted molar refractivity (Wildman–Crippen MR) is 103 cm³/mol. The second-order valence-corrected chi connectivity index (χ2v) is 8.88. The summed E-state index contributed by atoms with van der Waals surface area (Å²) in [7, 11) is -2.80. The Kier molecular flexibility index (Phi) is 4.70. The van der Waals surface area contributed by atoms with E-state index >= 15 is 0 Å². The van der Waals surface area contributed by atoms with Crippen molar-refractivity contribution in [2.45, 2.75) is 17.4 Å². The minimum absolute atomic E-state index is 0.0318. The van der Waals surface area contributed by atoms with Crippen LogP contribution in [0.3, 0.4) is 0 Å². The lowest BCUT2D eigenvalue weighted by molar-refractivity contribution is 0.102. The molecule has 30 heavy (non-hydrogen) atoms. The Morgan fingerprint density at radius 3 is 2.80 bits per heavy atom. The Labute approximate surface area is 170 Å². The molecule has 2 atom stereocenters. The van der Waals surface area contributed by atoms with E-state index in [1.165, 1.54) is 25.2 Å². The number of amides is 1. The third-order valence-corrected chi connectivity index (χ3v) is 7.10. The number of nitrogens with one attached hydrogen (secondary N) is 1. The van der Waals surface area contributed by atoms with Gasteiger partial charge in [-0.05, 0) is 30.3 Å². The molecule has 0 saturated carbocycles. The number of benzene rings is 1. The van der Waals surface area contributed by atoms with Gasteiger partial charge >= 0.3 is 0 Å². The number of aromatic nitrogens is 1. The smallest absolute Gasteiger partial charge is 0.274 e. The van der Waals surface area contributed by atoms with E-state index in [-0.39, 0.29) is 35.9 Å². The highest BCUT2D eigenvalue weighted by molar-refractivity contribution is 7.90. The third kappa shape index (κ3) is 3.08. The number of guanidine groups is 1. The Morgan fingerprint density at radius 1 is 1.33 bits per heavy atom. The Bertz CT molecular complexity index is 1160. The molecule has 4 rings (SSSR count). The highest BCUT2D eigenvalue weighted by Crippen LogP contribution is 2.46. The van der Waals surface area contributed by atoms with Crippen LogP contribution in [0.5, 0.6) is 0 Å². The van der Waals surface area contributed by atoms with E-state index in [0.717, 1.165) is 22.6 Å². The van der Waals surface area contributed by atoms with Gasteiger partial charge in [0.1, 0.15) is 22.9 Å². The lowest BCUT2D eigenvalue weighted by Gasteiger charge is -2.38. The lowest BCUT2D eigenvalue weighted by atomic mass is 9.88. The molecular formula is C18H17F2N5O4S. The molecule has 9 nitrogen and oxygen atoms in total. The molecule has 1 amide bonds. The van der Waals surface area contributed by atoms with Crippen molar-refractivity contribution >= 4 is 27.6 Å². The number of ether oxygens (including phenoxy) is 1. The van der Waals surface area contributed by atoms with Crippen LogP contribution in [0.25, 0.3) is 0 Å². The molecule has 2 aliphatic rings. The van der Waals surface area contributed by atoms with Crippen molar-refractivity contribution in [3.63, 3.8) is 0 Å². The maximum atomic E-state index is 14.8. The second kappa shape index (κ2) is 6.99. The van der Waals surface area contributed by atoms with Gasteiger partial charge in [0.15, 0.2) is 0 Å². The summed E-state index contributed by atoms with van der Waals surface area (Å²) >= 11 is 0. The first-order chi connectivity index (χ1) is 14.1. The number of carbonyl (C=O) groups excluding carboxylic acids is 1. The zero-order valence-electron chi connectivity index (χ0n) is 15.7. The summed E-state index contributed by atoms with van der Waals surface area (Å²) in [5.41, 5.74) is 2.80. The number of nitrogens with zero attached hydrogens (tertiary/aromatic N) is 3. The number of anilines is 1. The van der Waals surface area contributed by atoms with Crippen molar-refractivity contribution in [2.75, 3.05) is 19.0 Å². The van der Waals surface area contributed by atoms with Crippen LogP contribution in [0.1, 0.15) is 22.5 Å². The summed E-state index contributed by atoms with van der Waals surface area (Å²) in [6.07, 6.45) is 0.977. The van der Waals surface area contributed by atoms with Gasteiger partial charge < -0.3 is 15.8 Å². The topological polar surface area (TPSA) is 127 Å². The number of aliphatic imine (C=N–C) groups is 1. The standard InChI is InChI=1S/C18H17F2N5O4S/c1-25-17(21)24-18(6-7-29-16(18)30(25,27)28)12-8-11(3-4-13(12)20)23-15(26)14-5-2-10(19)9-22-14/h2-5,8-9,16H,6-7H2,1H3,(H2,21,24)(H,23,26). The van der Waals surface area contributed by atoms with E-state index in [2.05, 4.69) is 15.3 Å². The van der Waals surface area contributed by atoms with Crippen LogP contribution in [-0.4, -0.2) is 48.7 Å². The van der Waals surface area contributed by atoms with Gasteiger partial charge in [-0.1, -0.05) is 0 Å². The number of hydrogen-bond donors (Lipinski definition) is 2. The molecule has 1 fully saturated rings. The second-order valence-electron chi connectivity index (χ2n) is 6.87. The summed E-state index contributed by atoms with van der Waals surface area (Å²) in [5, 5.41) is 2.53. The molecule has 1 aromatic carbocycles. The van der Waals surface area contributed by atoms with Crippen molar-refractivity contribution in [1.82, 2.24) is 9.29 Å². The first-order valence-electron chi connectivity index (χ1n) is 8.83. The van der Waals surface area contributed by atoms with Crippen LogP contribution < -0.4 is 11.1 Å². The first-order valence-corrected chi connectivity index (χ1v) is 10.3. The van der Waals surface area contributed by atoms with Crippen LogP contribution in [0.2, 0.25) is 0 Å². The number of hydrogen-bond acceptors (Lipinski definition) is 7. The SMILES string of the molecule is CN1C(N)=NC2(c3cc(NC(=O)c4ccc(F)cn4)ccc3F)CCOC2S1(=O)=O. The van der Waals surface area contributed by atoms with Gasteiger partial charge in [-0.3, -0.25) is 4.79 Å². The number of pyridine rings is 1. The maximum absolute atomic E-state index is 14.8. The molecule has 2 unspecified atom stereocenters. The lowest BCUT2D eigenvalue weighted by Crippen LogP contribution is -2.55. The van der Waals surface area contributed by atoms with Gasteiger partial charge in [0, 0.05) is 24.7 Å². The summed E-state index contributed by atoms with van der Waals surface area (Å²) in [6.45, 7) is 0.0318. The third-order valence-electron chi connectivity index (χ3n) is 5.08. The summed E-state index contributed by atoms with van der Waals surface area (Å²) < 4.78 is 59.6. The van der Waals surface area contributed by atoms with Crippen LogP contribution in [-0.2, 0) is 20.3 Å². The Hall–Kier alpha value is -3.12. The summed E-state index contributed by atoms with van der Waals surface area (Å²) in [6, 6.07) is 5.96. The molecule has 3 heterocycles. The minimum atomic E-state index is -4.04. The van der Waals surface area contributed by atoms with Gasteiger partial charge in [0.2, 0.25) is 11.4 Å². The molecule has 0 spiro atoms. The van der Waals surface area contributed by atoms with Crippen molar-refractivity contribution in [3.05, 3.63) is 59.4 Å². The average Bonchev–Trinajstić information content (AvgIpc) is 3.14. The average molecular weight is 437 g/mol. The van der Waals surface area contributed by atoms with Crippen LogP contribution in [0, 0.1) is 11.6 Å². The molecule has 158 valence electrons. The van der Waals surface area contributed by atoms with Crippen LogP contribution in [0.15, 0.2) is 41.5 Å². The molecule has 0 radical (unpaired) electrons. The molecule has 2 aromatic rings. The fraction of sp³-hybridized carbons (Fsp3) is 0.278. The number of sulfonamides is 1. The molecule has 12 heteroatoms. The highest BCUT2D eigenvalue weighted by Gasteiger charge is 2.58. The largest absolute Gasteiger partial charge is 0.369 e. The molecule has 0 aliphatic carbocycles. The van der Waals surface area contributed by atoms with Gasteiger partial charge in [0.25, 0.3) is 15.9 Å². The quantitative estimate of drug-likeness (QED) is 0.742. The van der Waals surface area contributed by atoms with Crippen LogP contribution >= 0.6 is 0 Å². The predicted octanol–water partition coefficient (Wildman–Crippen LogP) is 1.14. The van der Waals surface area contributed by atoms with E-state index in [0.29, 0.717) is 0 Å². The number of rotatable bonds is 3. The first kappa shape index (κ1) is 20.2. The van der Waals surface area contributed by atoms with Crippen molar-refractivity contribution in [3.8, 4) is 0 Å². The molecule has 2 aliphatic heterocycles. The van der Waals surface area contributed by atoms with Crippen LogP contribution in [0.4, 0.5) is 14.5 Å². The Morgan fingerprint density at radius 2 is 2.10 bits per heavy atom. The number of carbonyl (C=O) groups is 1. The molecular weight excluding hydrogens is 420 g/mol. The van der Waals surface area contributed by atoms with Gasteiger partial charge in [-0.15, -0.1) is 0 Å². The zero-order valence-corrected chi connectivity index (χ0v) is 16.5. The summed E-state index contributed by atoms with van der Waals surface area (Å²) in [5.74, 6) is -2.26. The minimum Gasteiger partial charge on any atom is -0.369 e. The van der Waals surface area contributed by atoms with E-state index < -0.39 is 38.5 Å². The highest BCUT2D eigenvalue weighted by atomic mass is 32.2. The van der Waals surface area contributed by atoms with Crippen molar-refractivity contribution in [1.29, 1.82) is 0 Å². The molecule has 1 saturated heterocycles.